The molecule has 0 atom stereocenters. The Labute approximate surface area is 103 Å². The van der Waals surface area contributed by atoms with E-state index in [2.05, 4.69) is 5.32 Å². The molecule has 16 heavy (non-hydrogen) atoms. The molecule has 0 aromatic rings. The highest BCUT2D eigenvalue weighted by Crippen LogP contribution is 2.25. The summed E-state index contributed by atoms with van der Waals surface area (Å²) in [7, 11) is 0. The molecule has 0 aromatic carbocycles. The van der Waals surface area contributed by atoms with Crippen LogP contribution >= 0.6 is 12.4 Å². The van der Waals surface area contributed by atoms with E-state index in [9.17, 15) is 4.79 Å². The van der Waals surface area contributed by atoms with Crippen LogP contribution in [0.15, 0.2) is 0 Å². The quantitative estimate of drug-likeness (QED) is 0.778. The van der Waals surface area contributed by atoms with Gasteiger partial charge in [-0.25, -0.2) is 0 Å². The highest BCUT2D eigenvalue weighted by molar-refractivity contribution is 5.86. The van der Waals surface area contributed by atoms with Gasteiger partial charge in [-0.1, -0.05) is 6.42 Å². The van der Waals surface area contributed by atoms with Crippen molar-refractivity contribution in [3.63, 3.8) is 0 Å². The molecule has 1 saturated carbocycles. The summed E-state index contributed by atoms with van der Waals surface area (Å²) < 4.78 is 5.21. The second-order valence-electron chi connectivity index (χ2n) is 4.78. The summed E-state index contributed by atoms with van der Waals surface area (Å²) in [6.07, 6.45) is 5.09. The SMILES string of the molecule is Cl.NC1(C(=O)NCC2CCC2)CCOCC1. The van der Waals surface area contributed by atoms with E-state index in [1.54, 1.807) is 0 Å². The lowest BCUT2D eigenvalue weighted by Crippen LogP contribution is -2.57. The van der Waals surface area contributed by atoms with Gasteiger partial charge in [-0.2, -0.15) is 0 Å². The number of carbonyl (C=O) groups excluding carboxylic acids is 1. The fourth-order valence-electron chi connectivity index (χ4n) is 2.07. The van der Waals surface area contributed by atoms with Crippen molar-refractivity contribution < 1.29 is 9.53 Å². The Hall–Kier alpha value is -0.320. The molecule has 0 aromatic heterocycles. The van der Waals surface area contributed by atoms with E-state index < -0.39 is 5.54 Å². The molecule has 3 N–H and O–H groups in total. The van der Waals surface area contributed by atoms with Gasteiger partial charge < -0.3 is 15.8 Å². The predicted octanol–water partition coefficient (Wildman–Crippen LogP) is 0.832. The molecule has 2 aliphatic rings. The minimum absolute atomic E-state index is 0. The first-order valence-corrected chi connectivity index (χ1v) is 5.86. The highest BCUT2D eigenvalue weighted by atomic mass is 35.5. The minimum atomic E-state index is -0.679. The normalized spacial score (nSPS) is 24.1. The average molecular weight is 249 g/mol. The zero-order chi connectivity index (χ0) is 10.7. The lowest BCUT2D eigenvalue weighted by molar-refractivity contribution is -0.130. The molecule has 1 heterocycles. The van der Waals surface area contributed by atoms with Gasteiger partial charge in [-0.3, -0.25) is 4.79 Å². The van der Waals surface area contributed by atoms with Crippen LogP contribution in [0.5, 0.6) is 0 Å². The minimum Gasteiger partial charge on any atom is -0.381 e. The van der Waals surface area contributed by atoms with E-state index in [0.29, 0.717) is 32.0 Å². The van der Waals surface area contributed by atoms with Crippen LogP contribution in [0.1, 0.15) is 32.1 Å². The molecule has 2 fully saturated rings. The maximum Gasteiger partial charge on any atom is 0.240 e. The van der Waals surface area contributed by atoms with Gasteiger partial charge in [0.1, 0.15) is 0 Å². The third-order valence-electron chi connectivity index (χ3n) is 3.61. The number of hydrogen-bond acceptors (Lipinski definition) is 3. The van der Waals surface area contributed by atoms with Crippen molar-refractivity contribution in [3.8, 4) is 0 Å². The molecule has 1 aliphatic heterocycles. The number of rotatable bonds is 3. The van der Waals surface area contributed by atoms with Crippen LogP contribution < -0.4 is 11.1 Å². The molecule has 1 amide bonds. The molecule has 0 spiro atoms. The second-order valence-corrected chi connectivity index (χ2v) is 4.78. The summed E-state index contributed by atoms with van der Waals surface area (Å²) in [4.78, 5) is 11.9. The number of ether oxygens (including phenoxy) is 1. The van der Waals surface area contributed by atoms with Crippen LogP contribution in [0.4, 0.5) is 0 Å². The fourth-order valence-corrected chi connectivity index (χ4v) is 2.07. The number of halogens is 1. The first-order valence-electron chi connectivity index (χ1n) is 5.86. The molecule has 5 heteroatoms. The Balaban J connectivity index is 0.00000128. The van der Waals surface area contributed by atoms with Gasteiger partial charge in [-0.05, 0) is 31.6 Å². The number of nitrogens with two attached hydrogens (primary N) is 1. The van der Waals surface area contributed by atoms with Crippen molar-refractivity contribution in [2.45, 2.75) is 37.6 Å². The Morgan fingerprint density at radius 1 is 1.38 bits per heavy atom. The van der Waals surface area contributed by atoms with Gasteiger partial charge in [-0.15, -0.1) is 12.4 Å². The lowest BCUT2D eigenvalue weighted by Gasteiger charge is -2.33. The molecule has 0 radical (unpaired) electrons. The Morgan fingerprint density at radius 2 is 2.00 bits per heavy atom. The molecule has 94 valence electrons. The molecule has 2 rings (SSSR count). The van der Waals surface area contributed by atoms with Crippen molar-refractivity contribution >= 4 is 18.3 Å². The molecule has 0 unspecified atom stereocenters. The van der Waals surface area contributed by atoms with Gasteiger partial charge in [0, 0.05) is 19.8 Å². The molecular weight excluding hydrogens is 228 g/mol. The average Bonchev–Trinajstić information content (AvgIpc) is 2.16. The van der Waals surface area contributed by atoms with E-state index in [4.69, 9.17) is 10.5 Å². The van der Waals surface area contributed by atoms with E-state index in [1.807, 2.05) is 0 Å². The fraction of sp³-hybridized carbons (Fsp3) is 0.909. The largest absolute Gasteiger partial charge is 0.381 e. The van der Waals surface area contributed by atoms with Crippen molar-refractivity contribution in [2.75, 3.05) is 19.8 Å². The molecule has 0 bridgehead atoms. The van der Waals surface area contributed by atoms with E-state index in [1.165, 1.54) is 19.3 Å². The van der Waals surface area contributed by atoms with Crippen LogP contribution in [0.25, 0.3) is 0 Å². The number of hydrogen-bond donors (Lipinski definition) is 2. The first-order chi connectivity index (χ1) is 7.21. The van der Waals surface area contributed by atoms with Crippen LogP contribution in [-0.4, -0.2) is 31.2 Å². The van der Waals surface area contributed by atoms with Crippen LogP contribution in [-0.2, 0) is 9.53 Å². The zero-order valence-corrected chi connectivity index (χ0v) is 10.4. The molecule has 4 nitrogen and oxygen atoms in total. The number of carbonyl (C=O) groups is 1. The summed E-state index contributed by atoms with van der Waals surface area (Å²) in [5.41, 5.74) is 5.38. The summed E-state index contributed by atoms with van der Waals surface area (Å²) in [5.74, 6) is 0.704. The Kier molecular flexibility index (Phi) is 5.02. The monoisotopic (exact) mass is 248 g/mol. The van der Waals surface area contributed by atoms with Gasteiger partial charge in [0.25, 0.3) is 0 Å². The van der Waals surface area contributed by atoms with E-state index in [-0.39, 0.29) is 18.3 Å². The van der Waals surface area contributed by atoms with Crippen LogP contribution in [0.2, 0.25) is 0 Å². The maximum atomic E-state index is 11.9. The van der Waals surface area contributed by atoms with E-state index in [0.717, 1.165) is 6.54 Å². The summed E-state index contributed by atoms with van der Waals surface area (Å²) in [6.45, 7) is 2.01. The molecule has 1 saturated heterocycles. The summed E-state index contributed by atoms with van der Waals surface area (Å²) >= 11 is 0. The third kappa shape index (κ3) is 3.09. The van der Waals surface area contributed by atoms with Crippen molar-refractivity contribution in [3.05, 3.63) is 0 Å². The predicted molar refractivity (Wildman–Crippen MR) is 64.6 cm³/mol. The summed E-state index contributed by atoms with van der Waals surface area (Å²) in [6, 6.07) is 0. The lowest BCUT2D eigenvalue weighted by atomic mass is 9.85. The second kappa shape index (κ2) is 5.84. The van der Waals surface area contributed by atoms with Gasteiger partial charge in [0.15, 0.2) is 0 Å². The van der Waals surface area contributed by atoms with Crippen molar-refractivity contribution in [1.82, 2.24) is 5.32 Å². The number of amides is 1. The van der Waals surface area contributed by atoms with Crippen molar-refractivity contribution in [1.29, 1.82) is 0 Å². The topological polar surface area (TPSA) is 64.4 Å². The van der Waals surface area contributed by atoms with Gasteiger partial charge in [0.05, 0.1) is 5.54 Å². The molecular formula is C11H21ClN2O2. The van der Waals surface area contributed by atoms with Crippen LogP contribution in [0, 0.1) is 5.92 Å². The van der Waals surface area contributed by atoms with Gasteiger partial charge in [0.2, 0.25) is 5.91 Å². The number of nitrogens with one attached hydrogen (secondary N) is 1. The standard InChI is InChI=1S/C11H20N2O2.ClH/c12-11(4-6-15-7-5-11)10(14)13-8-9-2-1-3-9;/h9H,1-8,12H2,(H,13,14);1H. The third-order valence-corrected chi connectivity index (χ3v) is 3.61. The Bertz CT molecular complexity index is 238. The zero-order valence-electron chi connectivity index (χ0n) is 9.54. The molecule has 1 aliphatic carbocycles. The van der Waals surface area contributed by atoms with Gasteiger partial charge >= 0.3 is 0 Å². The smallest absolute Gasteiger partial charge is 0.240 e. The summed E-state index contributed by atoms with van der Waals surface area (Å²) in [5, 5.41) is 2.98. The highest BCUT2D eigenvalue weighted by Gasteiger charge is 2.36. The maximum absolute atomic E-state index is 11.9. The van der Waals surface area contributed by atoms with Crippen LogP contribution in [0.3, 0.4) is 0 Å². The first kappa shape index (κ1) is 13.7. The van der Waals surface area contributed by atoms with Crippen molar-refractivity contribution in [2.24, 2.45) is 11.7 Å². The van der Waals surface area contributed by atoms with E-state index >= 15 is 0 Å². The Morgan fingerprint density at radius 3 is 2.50 bits per heavy atom.